The van der Waals surface area contributed by atoms with Crippen molar-refractivity contribution in [2.24, 2.45) is 0 Å². The van der Waals surface area contributed by atoms with Gasteiger partial charge in [-0.2, -0.15) is 0 Å². The van der Waals surface area contributed by atoms with Crippen LogP contribution in [-0.2, 0) is 10.5 Å². The van der Waals surface area contributed by atoms with Gasteiger partial charge in [-0.25, -0.2) is 4.98 Å². The number of hydrogen-bond donors (Lipinski definition) is 2. The summed E-state index contributed by atoms with van der Waals surface area (Å²) in [5, 5.41) is 15.2. The van der Waals surface area contributed by atoms with E-state index in [1.807, 2.05) is 5.38 Å². The first-order chi connectivity index (χ1) is 14.7. The highest BCUT2D eigenvalue weighted by Crippen LogP contribution is 2.35. The molecule has 11 heteroatoms. The summed E-state index contributed by atoms with van der Waals surface area (Å²) in [7, 11) is 0. The average Bonchev–Trinajstić information content (AvgIpc) is 3.51. The van der Waals surface area contributed by atoms with Gasteiger partial charge in [0.1, 0.15) is 10.7 Å². The van der Waals surface area contributed by atoms with Crippen molar-refractivity contribution in [2.45, 2.75) is 36.0 Å². The predicted octanol–water partition coefficient (Wildman–Crippen LogP) is 4.76. The zero-order chi connectivity index (χ0) is 20.5. The third-order valence-electron chi connectivity index (χ3n) is 4.74. The van der Waals surface area contributed by atoms with Gasteiger partial charge in [-0.05, 0) is 31.9 Å². The van der Waals surface area contributed by atoms with Crippen LogP contribution in [0.15, 0.2) is 26.6 Å². The molecule has 0 saturated carbocycles. The first-order valence-electron chi connectivity index (χ1n) is 9.55. The second-order valence-corrected chi connectivity index (χ2v) is 11.3. The van der Waals surface area contributed by atoms with Gasteiger partial charge in [0.15, 0.2) is 4.34 Å². The van der Waals surface area contributed by atoms with Crippen molar-refractivity contribution in [3.05, 3.63) is 38.6 Å². The SMILES string of the molecule is Cc1ccc(-c2csc3nc(CSc4nnc(NC[C@@H]5CCCO5)s4)[nH]c(=O)c23)s1. The quantitative estimate of drug-likeness (QED) is 0.371. The second kappa shape index (κ2) is 8.75. The molecule has 30 heavy (non-hydrogen) atoms. The van der Waals surface area contributed by atoms with E-state index in [0.29, 0.717) is 17.0 Å². The lowest BCUT2D eigenvalue weighted by molar-refractivity contribution is 0.120. The molecule has 0 bridgehead atoms. The van der Waals surface area contributed by atoms with Crippen LogP contribution >= 0.6 is 45.8 Å². The number of ether oxygens (including phenoxy) is 1. The molecule has 1 saturated heterocycles. The van der Waals surface area contributed by atoms with Gasteiger partial charge in [0.05, 0.1) is 17.2 Å². The molecule has 1 aliphatic rings. The molecular weight excluding hydrogens is 459 g/mol. The molecule has 1 atom stereocenters. The topological polar surface area (TPSA) is 92.8 Å². The molecule has 4 aromatic heterocycles. The lowest BCUT2D eigenvalue weighted by Gasteiger charge is -2.08. The fourth-order valence-electron chi connectivity index (χ4n) is 3.30. The fraction of sp³-hybridized carbons (Fsp3) is 0.368. The second-order valence-electron chi connectivity index (χ2n) is 6.93. The number of aryl methyl sites for hydroxylation is 1. The number of nitrogens with zero attached hydrogens (tertiary/aromatic N) is 3. The number of aromatic amines is 1. The number of nitrogens with one attached hydrogen (secondary N) is 2. The van der Waals surface area contributed by atoms with Crippen LogP contribution < -0.4 is 10.9 Å². The number of rotatable bonds is 7. The summed E-state index contributed by atoms with van der Waals surface area (Å²) in [6, 6.07) is 4.13. The number of aromatic nitrogens is 4. The number of H-pyrrole nitrogens is 1. The van der Waals surface area contributed by atoms with Gasteiger partial charge in [0.25, 0.3) is 5.56 Å². The third-order valence-corrected chi connectivity index (χ3v) is 8.67. The summed E-state index contributed by atoms with van der Waals surface area (Å²) in [6.45, 7) is 3.67. The summed E-state index contributed by atoms with van der Waals surface area (Å²) >= 11 is 6.23. The third kappa shape index (κ3) is 4.30. The van der Waals surface area contributed by atoms with Gasteiger partial charge in [0, 0.05) is 33.8 Å². The molecule has 5 rings (SSSR count). The molecule has 0 aromatic carbocycles. The van der Waals surface area contributed by atoms with E-state index in [0.717, 1.165) is 50.7 Å². The van der Waals surface area contributed by atoms with Crippen LogP contribution in [0.5, 0.6) is 0 Å². The minimum atomic E-state index is -0.0888. The molecule has 5 heterocycles. The van der Waals surface area contributed by atoms with Gasteiger partial charge < -0.3 is 15.0 Å². The zero-order valence-electron chi connectivity index (χ0n) is 16.1. The van der Waals surface area contributed by atoms with Crippen LogP contribution in [0, 0.1) is 6.92 Å². The van der Waals surface area contributed by atoms with Crippen LogP contribution in [0.25, 0.3) is 20.7 Å². The number of hydrogen-bond acceptors (Lipinski definition) is 10. The van der Waals surface area contributed by atoms with Crippen molar-refractivity contribution >= 4 is 61.1 Å². The maximum atomic E-state index is 12.7. The van der Waals surface area contributed by atoms with Crippen LogP contribution in [0.2, 0.25) is 0 Å². The highest BCUT2D eigenvalue weighted by atomic mass is 32.2. The fourth-order valence-corrected chi connectivity index (χ4v) is 6.85. The molecule has 7 nitrogen and oxygen atoms in total. The Bertz CT molecular complexity index is 1220. The highest BCUT2D eigenvalue weighted by molar-refractivity contribution is 8.00. The van der Waals surface area contributed by atoms with Gasteiger partial charge in [-0.1, -0.05) is 23.1 Å². The lowest BCUT2D eigenvalue weighted by atomic mass is 10.2. The monoisotopic (exact) mass is 477 g/mol. The summed E-state index contributed by atoms with van der Waals surface area (Å²) in [5.74, 6) is 1.19. The van der Waals surface area contributed by atoms with E-state index in [2.05, 4.69) is 44.5 Å². The van der Waals surface area contributed by atoms with Crippen molar-refractivity contribution in [1.82, 2.24) is 20.2 Å². The van der Waals surface area contributed by atoms with Gasteiger partial charge in [-0.3, -0.25) is 4.79 Å². The Kier molecular flexibility index (Phi) is 5.87. The maximum Gasteiger partial charge on any atom is 0.260 e. The van der Waals surface area contributed by atoms with E-state index in [9.17, 15) is 4.79 Å². The zero-order valence-corrected chi connectivity index (χ0v) is 19.4. The number of thioether (sulfide) groups is 1. The van der Waals surface area contributed by atoms with Crippen molar-refractivity contribution in [3.63, 3.8) is 0 Å². The van der Waals surface area contributed by atoms with Crippen LogP contribution in [0.3, 0.4) is 0 Å². The molecule has 4 aromatic rings. The van der Waals surface area contributed by atoms with E-state index < -0.39 is 0 Å². The van der Waals surface area contributed by atoms with Crippen molar-refractivity contribution in [2.75, 3.05) is 18.5 Å². The van der Waals surface area contributed by atoms with E-state index in [1.165, 1.54) is 39.3 Å². The first-order valence-corrected chi connectivity index (χ1v) is 13.0. The van der Waals surface area contributed by atoms with E-state index in [4.69, 9.17) is 4.74 Å². The number of fused-ring (bicyclic) bond motifs is 1. The normalized spacial score (nSPS) is 16.5. The Morgan fingerprint density at radius 2 is 2.27 bits per heavy atom. The largest absolute Gasteiger partial charge is 0.376 e. The van der Waals surface area contributed by atoms with Crippen molar-refractivity contribution < 1.29 is 4.74 Å². The van der Waals surface area contributed by atoms with Crippen LogP contribution in [-0.4, -0.2) is 39.4 Å². The molecule has 1 fully saturated rings. The number of anilines is 1. The average molecular weight is 478 g/mol. The molecule has 0 spiro atoms. The molecule has 2 N–H and O–H groups in total. The Morgan fingerprint density at radius 1 is 1.33 bits per heavy atom. The summed E-state index contributed by atoms with van der Waals surface area (Å²) in [4.78, 5) is 23.5. The van der Waals surface area contributed by atoms with Crippen LogP contribution in [0.4, 0.5) is 5.13 Å². The lowest BCUT2D eigenvalue weighted by Crippen LogP contribution is -2.18. The molecular formula is C19H19N5O2S4. The molecule has 0 radical (unpaired) electrons. The standard InChI is InChI=1S/C19H19N5O2S4/c1-10-4-5-13(29-10)12-8-27-17-15(12)16(25)21-14(22-17)9-28-19-24-23-18(30-19)20-7-11-3-2-6-26-11/h4-5,8,11H,2-3,6-7,9H2,1H3,(H,20,23)(H,21,22,25)/t11-/m0/s1. The Balaban J connectivity index is 1.26. The van der Waals surface area contributed by atoms with Gasteiger partial charge >= 0.3 is 0 Å². The van der Waals surface area contributed by atoms with Crippen molar-refractivity contribution in [1.29, 1.82) is 0 Å². The molecule has 0 aliphatic carbocycles. The Hall–Kier alpha value is -1.79. The maximum absolute atomic E-state index is 12.7. The van der Waals surface area contributed by atoms with Crippen molar-refractivity contribution in [3.8, 4) is 10.4 Å². The molecule has 0 amide bonds. The van der Waals surface area contributed by atoms with Gasteiger partial charge in [-0.15, -0.1) is 32.9 Å². The minimum Gasteiger partial charge on any atom is -0.376 e. The van der Waals surface area contributed by atoms with Gasteiger partial charge in [0.2, 0.25) is 5.13 Å². The summed E-state index contributed by atoms with van der Waals surface area (Å²) in [6.07, 6.45) is 2.48. The number of thiophene rings is 2. The highest BCUT2D eigenvalue weighted by Gasteiger charge is 2.17. The summed E-state index contributed by atoms with van der Waals surface area (Å²) < 4.78 is 6.45. The Labute approximate surface area is 188 Å². The van der Waals surface area contributed by atoms with E-state index in [-0.39, 0.29) is 11.7 Å². The van der Waals surface area contributed by atoms with E-state index in [1.54, 1.807) is 11.3 Å². The predicted molar refractivity (Wildman–Crippen MR) is 125 cm³/mol. The summed E-state index contributed by atoms with van der Waals surface area (Å²) in [5.41, 5.74) is 0.876. The first kappa shape index (κ1) is 20.1. The molecule has 0 unspecified atom stereocenters. The van der Waals surface area contributed by atoms with E-state index >= 15 is 0 Å². The van der Waals surface area contributed by atoms with Crippen LogP contribution in [0.1, 0.15) is 23.5 Å². The Morgan fingerprint density at radius 3 is 3.07 bits per heavy atom. The smallest absolute Gasteiger partial charge is 0.260 e. The molecule has 1 aliphatic heterocycles. The molecule has 156 valence electrons. The minimum absolute atomic E-state index is 0.0888.